The second-order valence-electron chi connectivity index (χ2n) is 5.11. The van der Waals surface area contributed by atoms with Gasteiger partial charge in [0.2, 0.25) is 0 Å². The van der Waals surface area contributed by atoms with Crippen LogP contribution in [0.2, 0.25) is 0 Å². The lowest BCUT2D eigenvalue weighted by molar-refractivity contribution is 0.593. The van der Waals surface area contributed by atoms with Crippen molar-refractivity contribution in [3.63, 3.8) is 0 Å². The van der Waals surface area contributed by atoms with Gasteiger partial charge in [0.25, 0.3) is 10.0 Å². The van der Waals surface area contributed by atoms with E-state index in [9.17, 15) is 8.42 Å². The van der Waals surface area contributed by atoms with Crippen LogP contribution in [0.1, 0.15) is 16.7 Å². The van der Waals surface area contributed by atoms with E-state index in [1.165, 1.54) is 4.31 Å². The molecule has 0 heterocycles. The number of anilines is 1. The topological polar surface area (TPSA) is 63.4 Å². The predicted octanol–water partition coefficient (Wildman–Crippen LogP) is 2.59. The fourth-order valence-corrected chi connectivity index (χ4v) is 3.56. The average Bonchev–Trinajstić information content (AvgIpc) is 2.47. The van der Waals surface area contributed by atoms with Crippen LogP contribution in [-0.2, 0) is 16.6 Å². The largest absolute Gasteiger partial charge is 0.326 e. The summed E-state index contributed by atoms with van der Waals surface area (Å²) in [6.07, 6.45) is 0. The molecule has 0 aromatic heterocycles. The van der Waals surface area contributed by atoms with Crippen molar-refractivity contribution in [3.8, 4) is 0 Å². The molecule has 0 saturated heterocycles. The van der Waals surface area contributed by atoms with Gasteiger partial charge in [-0.05, 0) is 43.2 Å². The minimum atomic E-state index is -3.59. The van der Waals surface area contributed by atoms with Crippen molar-refractivity contribution in [1.82, 2.24) is 0 Å². The highest BCUT2D eigenvalue weighted by atomic mass is 32.2. The Morgan fingerprint density at radius 3 is 2.24 bits per heavy atom. The summed E-state index contributed by atoms with van der Waals surface area (Å²) in [7, 11) is -2.03. The summed E-state index contributed by atoms with van der Waals surface area (Å²) in [6, 6.07) is 12.7. The summed E-state index contributed by atoms with van der Waals surface area (Å²) >= 11 is 0. The van der Waals surface area contributed by atoms with Crippen LogP contribution in [0.4, 0.5) is 5.69 Å². The molecule has 0 aliphatic carbocycles. The van der Waals surface area contributed by atoms with Crippen molar-refractivity contribution in [2.24, 2.45) is 5.73 Å². The lowest BCUT2D eigenvalue weighted by atomic mass is 10.1. The number of sulfonamides is 1. The van der Waals surface area contributed by atoms with Crippen LogP contribution in [0, 0.1) is 13.8 Å². The molecule has 0 radical (unpaired) electrons. The molecule has 0 aliphatic rings. The standard InChI is InChI=1S/C16H20N2O2S/c1-12-4-8-15(9-5-12)18(3)21(19,20)16-10-14(11-17)7-6-13(16)2/h4-10H,11,17H2,1-3H3. The van der Waals surface area contributed by atoms with Crippen LogP contribution in [0.5, 0.6) is 0 Å². The van der Waals surface area contributed by atoms with Gasteiger partial charge in [-0.3, -0.25) is 4.31 Å². The van der Waals surface area contributed by atoms with E-state index >= 15 is 0 Å². The van der Waals surface area contributed by atoms with Gasteiger partial charge in [0, 0.05) is 13.6 Å². The summed E-state index contributed by atoms with van der Waals surface area (Å²) in [4.78, 5) is 0.300. The lowest BCUT2D eigenvalue weighted by Crippen LogP contribution is -2.27. The van der Waals surface area contributed by atoms with Crippen LogP contribution in [-0.4, -0.2) is 15.5 Å². The molecule has 2 aromatic rings. The Morgan fingerprint density at radius 2 is 1.67 bits per heavy atom. The second kappa shape index (κ2) is 5.87. The van der Waals surface area contributed by atoms with Gasteiger partial charge in [0.1, 0.15) is 0 Å². The molecule has 0 unspecified atom stereocenters. The average molecular weight is 304 g/mol. The van der Waals surface area contributed by atoms with Gasteiger partial charge in [0.05, 0.1) is 10.6 Å². The van der Waals surface area contributed by atoms with Crippen LogP contribution >= 0.6 is 0 Å². The van der Waals surface area contributed by atoms with E-state index < -0.39 is 10.0 Å². The summed E-state index contributed by atoms with van der Waals surface area (Å²) in [5.41, 5.74) is 8.85. The molecule has 112 valence electrons. The summed E-state index contributed by atoms with van der Waals surface area (Å²) in [5, 5.41) is 0. The first-order valence-corrected chi connectivity index (χ1v) is 8.15. The summed E-state index contributed by atoms with van der Waals surface area (Å²) in [6.45, 7) is 4.07. The third-order valence-corrected chi connectivity index (χ3v) is 5.45. The molecule has 0 amide bonds. The van der Waals surface area contributed by atoms with E-state index in [0.717, 1.165) is 11.1 Å². The fraction of sp³-hybridized carbons (Fsp3) is 0.250. The van der Waals surface area contributed by atoms with Crippen molar-refractivity contribution in [2.45, 2.75) is 25.3 Å². The SMILES string of the molecule is Cc1ccc(N(C)S(=O)(=O)c2cc(CN)ccc2C)cc1. The van der Waals surface area contributed by atoms with Crippen LogP contribution < -0.4 is 10.0 Å². The van der Waals surface area contributed by atoms with Crippen molar-refractivity contribution in [1.29, 1.82) is 0 Å². The van der Waals surface area contributed by atoms with Crippen LogP contribution in [0.25, 0.3) is 0 Å². The molecule has 2 N–H and O–H groups in total. The third-order valence-electron chi connectivity index (χ3n) is 3.52. The number of benzene rings is 2. The second-order valence-corrected chi connectivity index (χ2v) is 7.05. The molecule has 0 saturated carbocycles. The zero-order valence-corrected chi connectivity index (χ0v) is 13.3. The normalized spacial score (nSPS) is 11.4. The van der Waals surface area contributed by atoms with Gasteiger partial charge in [-0.2, -0.15) is 0 Å². The molecule has 0 fully saturated rings. The molecule has 4 nitrogen and oxygen atoms in total. The molecule has 2 aromatic carbocycles. The van der Waals surface area contributed by atoms with Crippen molar-refractivity contribution < 1.29 is 8.42 Å². The number of nitrogens with two attached hydrogens (primary N) is 1. The molecule has 0 atom stereocenters. The molecular formula is C16H20N2O2S. The Hall–Kier alpha value is -1.85. The highest BCUT2D eigenvalue weighted by Crippen LogP contribution is 2.25. The molecule has 5 heteroatoms. The maximum absolute atomic E-state index is 12.8. The Balaban J connectivity index is 2.48. The van der Waals surface area contributed by atoms with E-state index in [1.54, 1.807) is 38.2 Å². The first kappa shape index (κ1) is 15.5. The predicted molar refractivity (Wildman–Crippen MR) is 85.8 cm³/mol. The Bertz CT molecular complexity index is 737. The van der Waals surface area contributed by atoms with Crippen LogP contribution in [0.3, 0.4) is 0 Å². The molecule has 0 aliphatic heterocycles. The number of hydrogen-bond acceptors (Lipinski definition) is 3. The zero-order chi connectivity index (χ0) is 15.6. The van der Waals surface area contributed by atoms with E-state index in [0.29, 0.717) is 22.7 Å². The van der Waals surface area contributed by atoms with Gasteiger partial charge in [-0.1, -0.05) is 29.8 Å². The van der Waals surface area contributed by atoms with Gasteiger partial charge in [-0.25, -0.2) is 8.42 Å². The lowest BCUT2D eigenvalue weighted by Gasteiger charge is -2.21. The first-order chi connectivity index (χ1) is 9.86. The summed E-state index contributed by atoms with van der Waals surface area (Å²) < 4.78 is 26.9. The highest BCUT2D eigenvalue weighted by Gasteiger charge is 2.23. The number of hydrogen-bond donors (Lipinski definition) is 1. The molecule has 0 bridgehead atoms. The minimum absolute atomic E-state index is 0.300. The van der Waals surface area contributed by atoms with Gasteiger partial charge >= 0.3 is 0 Å². The monoisotopic (exact) mass is 304 g/mol. The van der Waals surface area contributed by atoms with Crippen molar-refractivity contribution in [3.05, 3.63) is 59.2 Å². The maximum Gasteiger partial charge on any atom is 0.264 e. The number of nitrogens with zero attached hydrogens (tertiary/aromatic N) is 1. The Labute approximate surface area is 126 Å². The quantitative estimate of drug-likeness (QED) is 0.944. The number of rotatable bonds is 4. The van der Waals surface area contributed by atoms with Gasteiger partial charge in [0.15, 0.2) is 0 Å². The third kappa shape index (κ3) is 3.09. The van der Waals surface area contributed by atoms with E-state index in [-0.39, 0.29) is 0 Å². The maximum atomic E-state index is 12.8. The molecule has 21 heavy (non-hydrogen) atoms. The Morgan fingerprint density at radius 1 is 1.05 bits per heavy atom. The molecule has 2 rings (SSSR count). The molecule has 0 spiro atoms. The Kier molecular flexibility index (Phi) is 4.34. The molecular weight excluding hydrogens is 284 g/mol. The fourth-order valence-electron chi connectivity index (χ4n) is 2.09. The minimum Gasteiger partial charge on any atom is -0.326 e. The van der Waals surface area contributed by atoms with Gasteiger partial charge in [-0.15, -0.1) is 0 Å². The first-order valence-electron chi connectivity index (χ1n) is 6.71. The highest BCUT2D eigenvalue weighted by molar-refractivity contribution is 7.92. The van der Waals surface area contributed by atoms with Crippen molar-refractivity contribution in [2.75, 3.05) is 11.4 Å². The van der Waals surface area contributed by atoms with Gasteiger partial charge < -0.3 is 5.73 Å². The van der Waals surface area contributed by atoms with Crippen LogP contribution in [0.15, 0.2) is 47.4 Å². The zero-order valence-electron chi connectivity index (χ0n) is 12.5. The summed E-state index contributed by atoms with van der Waals surface area (Å²) in [5.74, 6) is 0. The van der Waals surface area contributed by atoms with E-state index in [2.05, 4.69) is 0 Å². The van der Waals surface area contributed by atoms with E-state index in [4.69, 9.17) is 5.73 Å². The smallest absolute Gasteiger partial charge is 0.264 e. The van der Waals surface area contributed by atoms with E-state index in [1.807, 2.05) is 25.1 Å². The van der Waals surface area contributed by atoms with Crippen molar-refractivity contribution >= 4 is 15.7 Å². The number of aryl methyl sites for hydroxylation is 2.